The van der Waals surface area contributed by atoms with Crippen molar-refractivity contribution < 1.29 is 19.4 Å². The van der Waals surface area contributed by atoms with Crippen LogP contribution in [-0.4, -0.2) is 29.2 Å². The Bertz CT molecular complexity index is 714. The van der Waals surface area contributed by atoms with E-state index in [1.165, 1.54) is 5.57 Å². The fourth-order valence-electron chi connectivity index (χ4n) is 5.10. The number of ether oxygens (including phenoxy) is 2. The monoisotopic (exact) mass is 358 g/mol. The number of ketones is 1. The summed E-state index contributed by atoms with van der Waals surface area (Å²) in [7, 11) is 0. The van der Waals surface area contributed by atoms with Crippen LogP contribution in [0.4, 0.5) is 0 Å². The highest BCUT2D eigenvalue weighted by Crippen LogP contribution is 2.54. The molecule has 26 heavy (non-hydrogen) atoms. The van der Waals surface area contributed by atoms with Gasteiger partial charge in [-0.2, -0.15) is 0 Å². The predicted molar refractivity (Wildman–Crippen MR) is 99.5 cm³/mol. The summed E-state index contributed by atoms with van der Waals surface area (Å²) >= 11 is 0. The third-order valence-corrected chi connectivity index (χ3v) is 6.80. The van der Waals surface area contributed by atoms with Gasteiger partial charge in [-0.3, -0.25) is 4.79 Å². The molecule has 0 amide bonds. The van der Waals surface area contributed by atoms with Gasteiger partial charge in [-0.1, -0.05) is 37.6 Å². The zero-order chi connectivity index (χ0) is 18.7. The highest BCUT2D eigenvalue weighted by atomic mass is 16.5. The van der Waals surface area contributed by atoms with Crippen molar-refractivity contribution in [2.24, 2.45) is 23.2 Å². The Balaban J connectivity index is 1.73. The van der Waals surface area contributed by atoms with Gasteiger partial charge in [0.05, 0.1) is 24.5 Å². The first kappa shape index (κ1) is 17.8. The SMILES string of the molecule is C/C1=C/CC(C)(C)/C=C/C[C@@]2(C)OC3=C(O)C(=O)[C@@H]4CO[C@@H]([C@H]34)[C@H]2CC1. The van der Waals surface area contributed by atoms with Crippen LogP contribution in [0, 0.1) is 23.2 Å². The average Bonchev–Trinajstić information content (AvgIpc) is 3.09. The predicted octanol–water partition coefficient (Wildman–Crippen LogP) is 4.48. The van der Waals surface area contributed by atoms with Gasteiger partial charge in [0.1, 0.15) is 11.4 Å². The van der Waals surface area contributed by atoms with Crippen LogP contribution in [0.1, 0.15) is 53.4 Å². The minimum atomic E-state index is -0.471. The number of allylic oxidation sites excluding steroid dienone is 4. The Morgan fingerprint density at radius 3 is 2.77 bits per heavy atom. The smallest absolute Gasteiger partial charge is 0.206 e. The third-order valence-electron chi connectivity index (χ3n) is 6.80. The number of hydrogen-bond acceptors (Lipinski definition) is 4. The molecule has 0 spiro atoms. The Morgan fingerprint density at radius 2 is 2.00 bits per heavy atom. The average molecular weight is 358 g/mol. The standard InChI is InChI=1S/C22H30O4/c1-13-6-7-15-19-16-14(12-25-19)17(23)18(24)20(16)26-22(15,4)10-5-9-21(2,3)11-8-13/h5,8-9,14-16,19,24H,6-7,10-12H2,1-4H3/b9-5+,13-8-/t14-,15-,16-,19-,22-/m1/s1. The molecule has 2 saturated heterocycles. The normalized spacial score (nSPS) is 45.1. The van der Waals surface area contributed by atoms with E-state index in [4.69, 9.17) is 9.47 Å². The minimum absolute atomic E-state index is 0.0442. The molecule has 2 heterocycles. The van der Waals surface area contributed by atoms with Gasteiger partial charge >= 0.3 is 0 Å². The van der Waals surface area contributed by atoms with Crippen molar-refractivity contribution in [3.05, 3.63) is 35.3 Å². The molecule has 0 aromatic heterocycles. The van der Waals surface area contributed by atoms with Crippen molar-refractivity contribution in [3.8, 4) is 0 Å². The lowest BCUT2D eigenvalue weighted by Gasteiger charge is -2.47. The minimum Gasteiger partial charge on any atom is -0.502 e. The number of rotatable bonds is 0. The molecule has 0 radical (unpaired) electrons. The zero-order valence-electron chi connectivity index (χ0n) is 16.2. The van der Waals surface area contributed by atoms with Crippen LogP contribution in [0.25, 0.3) is 0 Å². The number of aliphatic hydroxyl groups excluding tert-OH is 1. The van der Waals surface area contributed by atoms with Gasteiger partial charge in [0.15, 0.2) is 5.76 Å². The van der Waals surface area contributed by atoms with Crippen molar-refractivity contribution in [2.45, 2.75) is 65.1 Å². The third kappa shape index (κ3) is 2.74. The van der Waals surface area contributed by atoms with Crippen molar-refractivity contribution in [3.63, 3.8) is 0 Å². The van der Waals surface area contributed by atoms with E-state index < -0.39 is 5.60 Å². The number of Topliss-reactive ketones (excluding diaryl/α,β-unsaturated/α-hetero) is 1. The molecule has 0 unspecified atom stereocenters. The summed E-state index contributed by atoms with van der Waals surface area (Å²) in [6, 6.07) is 0. The maximum Gasteiger partial charge on any atom is 0.206 e. The molecular weight excluding hydrogens is 328 g/mol. The summed E-state index contributed by atoms with van der Waals surface area (Å²) in [5.74, 6) is -0.0449. The number of carbonyl (C=O) groups is 1. The van der Waals surface area contributed by atoms with Gasteiger partial charge in [-0.25, -0.2) is 0 Å². The van der Waals surface area contributed by atoms with Crippen LogP contribution in [0.5, 0.6) is 0 Å². The maximum absolute atomic E-state index is 12.4. The number of aliphatic hydroxyl groups is 1. The van der Waals surface area contributed by atoms with Gasteiger partial charge in [0.25, 0.3) is 0 Å². The molecule has 142 valence electrons. The molecule has 2 aliphatic carbocycles. The first-order chi connectivity index (χ1) is 12.2. The van der Waals surface area contributed by atoms with Gasteiger partial charge in [-0.15, -0.1) is 0 Å². The lowest BCUT2D eigenvalue weighted by atomic mass is 9.71. The Labute approximate surface area is 155 Å². The van der Waals surface area contributed by atoms with E-state index >= 15 is 0 Å². The van der Waals surface area contributed by atoms with Crippen LogP contribution in [0.3, 0.4) is 0 Å². The molecule has 0 saturated carbocycles. The molecule has 4 heteroatoms. The maximum atomic E-state index is 12.4. The van der Waals surface area contributed by atoms with E-state index in [1.807, 2.05) is 0 Å². The lowest BCUT2D eigenvalue weighted by molar-refractivity contribution is -0.139. The summed E-state index contributed by atoms with van der Waals surface area (Å²) in [5, 5.41) is 10.3. The molecule has 2 fully saturated rings. The van der Waals surface area contributed by atoms with Crippen molar-refractivity contribution >= 4 is 5.78 Å². The first-order valence-electron chi connectivity index (χ1n) is 9.83. The summed E-state index contributed by atoms with van der Waals surface area (Å²) in [6.45, 7) is 9.21. The molecule has 0 aromatic rings. The Kier molecular flexibility index (Phi) is 4.11. The largest absolute Gasteiger partial charge is 0.502 e. The molecule has 4 rings (SSSR count). The van der Waals surface area contributed by atoms with Gasteiger partial charge in [0.2, 0.25) is 5.78 Å². The fourth-order valence-corrected chi connectivity index (χ4v) is 5.10. The van der Waals surface area contributed by atoms with E-state index in [9.17, 15) is 9.90 Å². The molecule has 0 aromatic carbocycles. The lowest BCUT2D eigenvalue weighted by Crippen LogP contribution is -2.51. The van der Waals surface area contributed by atoms with Crippen molar-refractivity contribution in [1.29, 1.82) is 0 Å². The highest BCUT2D eigenvalue weighted by Gasteiger charge is 2.61. The topological polar surface area (TPSA) is 55.8 Å². The quantitative estimate of drug-likeness (QED) is 0.649. The highest BCUT2D eigenvalue weighted by molar-refractivity contribution is 5.99. The first-order valence-corrected chi connectivity index (χ1v) is 9.83. The number of carbonyl (C=O) groups excluding carboxylic acids is 1. The van der Waals surface area contributed by atoms with Crippen LogP contribution in [0.2, 0.25) is 0 Å². The van der Waals surface area contributed by atoms with Crippen LogP contribution in [-0.2, 0) is 14.3 Å². The van der Waals surface area contributed by atoms with E-state index in [2.05, 4.69) is 45.9 Å². The molecule has 4 aliphatic rings. The summed E-state index contributed by atoms with van der Waals surface area (Å²) < 4.78 is 12.5. The Morgan fingerprint density at radius 1 is 1.23 bits per heavy atom. The Hall–Kier alpha value is -1.55. The second-order valence-corrected chi connectivity index (χ2v) is 9.42. The van der Waals surface area contributed by atoms with Crippen molar-refractivity contribution in [2.75, 3.05) is 6.61 Å². The summed E-state index contributed by atoms with van der Waals surface area (Å²) in [6.07, 6.45) is 10.6. The fraction of sp³-hybridized carbons (Fsp3) is 0.682. The second kappa shape index (κ2) is 5.98. The molecule has 4 nitrogen and oxygen atoms in total. The van der Waals surface area contributed by atoms with E-state index in [1.54, 1.807) is 0 Å². The van der Waals surface area contributed by atoms with E-state index in [0.717, 1.165) is 25.7 Å². The molecular formula is C22H30O4. The van der Waals surface area contributed by atoms with Gasteiger partial charge < -0.3 is 14.6 Å². The van der Waals surface area contributed by atoms with E-state index in [-0.39, 0.29) is 40.8 Å². The van der Waals surface area contributed by atoms with Gasteiger partial charge in [-0.05, 0) is 38.5 Å². The van der Waals surface area contributed by atoms with Crippen LogP contribution < -0.4 is 0 Å². The molecule has 2 aliphatic heterocycles. The summed E-state index contributed by atoms with van der Waals surface area (Å²) in [4.78, 5) is 12.4. The van der Waals surface area contributed by atoms with E-state index in [0.29, 0.717) is 12.4 Å². The van der Waals surface area contributed by atoms with Gasteiger partial charge in [0, 0.05) is 12.3 Å². The molecule has 0 bridgehead atoms. The second-order valence-electron chi connectivity index (χ2n) is 9.42. The number of fused-ring (bicyclic) bond motifs is 2. The summed E-state index contributed by atoms with van der Waals surface area (Å²) in [5.41, 5.74) is 1.03. The molecule has 5 atom stereocenters. The number of hydrogen-bond donors (Lipinski definition) is 1. The zero-order valence-corrected chi connectivity index (χ0v) is 16.2. The van der Waals surface area contributed by atoms with Crippen LogP contribution in [0.15, 0.2) is 35.3 Å². The van der Waals surface area contributed by atoms with Crippen LogP contribution >= 0.6 is 0 Å². The van der Waals surface area contributed by atoms with Crippen molar-refractivity contribution in [1.82, 2.24) is 0 Å². The molecule has 1 N–H and O–H groups in total.